The molecular weight excluding hydrogens is 365 g/mol. The zero-order chi connectivity index (χ0) is 20.5. The Morgan fingerprint density at radius 3 is 2.61 bits per heavy atom. The number of nitrogens with zero attached hydrogens (tertiary/aromatic N) is 4. The van der Waals surface area contributed by atoms with E-state index in [1.165, 1.54) is 15.5 Å². The second kappa shape index (κ2) is 7.57. The minimum absolute atomic E-state index is 0.0788. The first kappa shape index (κ1) is 19.8. The highest BCUT2D eigenvalue weighted by molar-refractivity contribution is 5.69. The first-order chi connectivity index (χ1) is 13.1. The maximum absolute atomic E-state index is 14.5. The predicted octanol–water partition coefficient (Wildman–Crippen LogP) is 2.21. The van der Waals surface area contributed by atoms with Gasteiger partial charge in [0.15, 0.2) is 0 Å². The van der Waals surface area contributed by atoms with Gasteiger partial charge in [0.1, 0.15) is 11.8 Å². The number of ether oxygens (including phenoxy) is 1. The van der Waals surface area contributed by atoms with Crippen LogP contribution in [0.5, 0.6) is 0 Å². The minimum atomic E-state index is -1.31. The Bertz CT molecular complexity index is 910. The monoisotopic (exact) mass is 389 g/mol. The Labute approximate surface area is 162 Å². The van der Waals surface area contributed by atoms with Crippen molar-refractivity contribution in [3.05, 3.63) is 40.9 Å². The summed E-state index contributed by atoms with van der Waals surface area (Å²) in [5.41, 5.74) is 0.264. The van der Waals surface area contributed by atoms with Crippen LogP contribution >= 0.6 is 0 Å². The lowest BCUT2D eigenvalue weighted by Crippen LogP contribution is -2.37. The Morgan fingerprint density at radius 1 is 1.29 bits per heavy atom. The number of hydrogen-bond acceptors (Lipinski definition) is 6. The number of hydrogen-bond donors (Lipinski definition) is 1. The van der Waals surface area contributed by atoms with E-state index < -0.39 is 23.9 Å². The van der Waals surface area contributed by atoms with Crippen LogP contribution in [0, 0.1) is 0 Å². The molecule has 1 aliphatic rings. The van der Waals surface area contributed by atoms with Crippen molar-refractivity contribution in [2.75, 3.05) is 18.4 Å². The summed E-state index contributed by atoms with van der Waals surface area (Å²) >= 11 is 0. The fraction of sp³-hybridized carbons (Fsp3) is 0.474. The van der Waals surface area contributed by atoms with Gasteiger partial charge in [-0.3, -0.25) is 14.3 Å². The van der Waals surface area contributed by atoms with E-state index in [1.807, 2.05) is 0 Å². The zero-order valence-corrected chi connectivity index (χ0v) is 16.3. The fourth-order valence-electron chi connectivity index (χ4n) is 2.88. The summed E-state index contributed by atoms with van der Waals surface area (Å²) in [4.78, 5) is 34.2. The normalized spacial score (nSPS) is 19.5. The second-order valence-corrected chi connectivity index (χ2v) is 7.75. The van der Waals surface area contributed by atoms with E-state index in [0.29, 0.717) is 5.69 Å². The molecule has 0 spiro atoms. The molecule has 1 aliphatic heterocycles. The average molecular weight is 389 g/mol. The summed E-state index contributed by atoms with van der Waals surface area (Å²) in [6.07, 6.45) is 1.34. The first-order valence-electron chi connectivity index (χ1n) is 9.01. The lowest BCUT2D eigenvalue weighted by Gasteiger charge is -2.24. The van der Waals surface area contributed by atoms with E-state index in [4.69, 9.17) is 4.74 Å². The third-order valence-electron chi connectivity index (χ3n) is 4.33. The summed E-state index contributed by atoms with van der Waals surface area (Å²) in [6, 6.07) is 4.19. The largest absolute Gasteiger partial charge is 0.444 e. The molecule has 3 heterocycles. The number of anilines is 1. The standard InChI is InChI=1S/C19H24FN5O3/c1-19(2,3)28-18(27)25-10-13(20)15(11-25)23-17-22-14(9-16(26)24(17)4)12-5-7-21-8-6-12/h5-9,13,15H,10-11H2,1-4H3,(H,22,23)/t13-,15+/m0/s1. The molecule has 0 saturated carbocycles. The van der Waals surface area contributed by atoms with Crippen molar-refractivity contribution in [3.63, 3.8) is 0 Å². The van der Waals surface area contributed by atoms with Gasteiger partial charge in [-0.25, -0.2) is 14.2 Å². The van der Waals surface area contributed by atoms with Crippen LogP contribution in [0.4, 0.5) is 15.1 Å². The number of amides is 1. The van der Waals surface area contributed by atoms with E-state index in [9.17, 15) is 14.0 Å². The van der Waals surface area contributed by atoms with Crippen molar-refractivity contribution >= 4 is 12.0 Å². The molecule has 1 N–H and O–H groups in total. The number of rotatable bonds is 3. The number of likely N-dealkylation sites (tertiary alicyclic amines) is 1. The summed E-state index contributed by atoms with van der Waals surface area (Å²) < 4.78 is 21.2. The predicted molar refractivity (Wildman–Crippen MR) is 103 cm³/mol. The molecule has 0 aliphatic carbocycles. The van der Waals surface area contributed by atoms with E-state index in [0.717, 1.165) is 5.56 Å². The molecule has 0 bridgehead atoms. The molecule has 28 heavy (non-hydrogen) atoms. The van der Waals surface area contributed by atoms with Crippen LogP contribution in [-0.4, -0.2) is 56.4 Å². The smallest absolute Gasteiger partial charge is 0.410 e. The quantitative estimate of drug-likeness (QED) is 0.866. The third kappa shape index (κ3) is 4.47. The lowest BCUT2D eigenvalue weighted by molar-refractivity contribution is 0.0283. The number of nitrogens with one attached hydrogen (secondary N) is 1. The van der Waals surface area contributed by atoms with Gasteiger partial charge in [-0.2, -0.15) is 0 Å². The van der Waals surface area contributed by atoms with E-state index in [2.05, 4.69) is 15.3 Å². The molecule has 1 saturated heterocycles. The molecule has 0 radical (unpaired) electrons. The summed E-state index contributed by atoms with van der Waals surface area (Å²) in [5, 5.41) is 2.97. The van der Waals surface area contributed by atoms with Crippen molar-refractivity contribution < 1.29 is 13.9 Å². The van der Waals surface area contributed by atoms with Gasteiger partial charge in [-0.05, 0) is 32.9 Å². The number of aromatic nitrogens is 3. The van der Waals surface area contributed by atoms with Crippen LogP contribution in [0.25, 0.3) is 11.3 Å². The molecule has 0 aromatic carbocycles. The van der Waals surface area contributed by atoms with Crippen molar-refractivity contribution in [1.29, 1.82) is 0 Å². The molecule has 0 unspecified atom stereocenters. The Balaban J connectivity index is 1.79. The van der Waals surface area contributed by atoms with Crippen LogP contribution in [0.15, 0.2) is 35.4 Å². The highest BCUT2D eigenvalue weighted by Gasteiger charge is 2.38. The molecular formula is C19H24FN5O3. The molecule has 9 heteroatoms. The molecule has 3 rings (SSSR count). The van der Waals surface area contributed by atoms with Gasteiger partial charge < -0.3 is 15.0 Å². The molecule has 1 fully saturated rings. The number of pyridine rings is 1. The third-order valence-corrected chi connectivity index (χ3v) is 4.33. The number of alkyl halides is 1. The van der Waals surface area contributed by atoms with Crippen LogP contribution < -0.4 is 10.9 Å². The number of halogens is 1. The zero-order valence-electron chi connectivity index (χ0n) is 16.3. The molecule has 150 valence electrons. The van der Waals surface area contributed by atoms with Crippen molar-refractivity contribution in [2.45, 2.75) is 38.6 Å². The van der Waals surface area contributed by atoms with E-state index in [1.54, 1.807) is 52.3 Å². The second-order valence-electron chi connectivity index (χ2n) is 7.75. The van der Waals surface area contributed by atoms with Gasteiger partial charge in [0.2, 0.25) is 5.95 Å². The molecule has 8 nitrogen and oxygen atoms in total. The highest BCUT2D eigenvalue weighted by atomic mass is 19.1. The molecule has 2 atom stereocenters. The molecule has 2 aromatic heterocycles. The van der Waals surface area contributed by atoms with Gasteiger partial charge in [-0.15, -0.1) is 0 Å². The number of carbonyl (C=O) groups excluding carboxylic acids is 1. The van der Waals surface area contributed by atoms with Gasteiger partial charge in [0.25, 0.3) is 5.56 Å². The fourth-order valence-corrected chi connectivity index (χ4v) is 2.88. The van der Waals surface area contributed by atoms with Gasteiger partial charge in [0, 0.05) is 37.6 Å². The molecule has 2 aromatic rings. The van der Waals surface area contributed by atoms with Crippen molar-refractivity contribution in [3.8, 4) is 11.3 Å². The highest BCUT2D eigenvalue weighted by Crippen LogP contribution is 2.21. The van der Waals surface area contributed by atoms with E-state index in [-0.39, 0.29) is 24.6 Å². The Kier molecular flexibility index (Phi) is 5.35. The first-order valence-corrected chi connectivity index (χ1v) is 9.01. The number of carbonyl (C=O) groups is 1. The van der Waals surface area contributed by atoms with Crippen LogP contribution in [0.1, 0.15) is 20.8 Å². The minimum Gasteiger partial charge on any atom is -0.444 e. The lowest BCUT2D eigenvalue weighted by atomic mass is 10.2. The van der Waals surface area contributed by atoms with Crippen molar-refractivity contribution in [1.82, 2.24) is 19.4 Å². The Morgan fingerprint density at radius 2 is 1.96 bits per heavy atom. The van der Waals surface area contributed by atoms with Gasteiger partial charge in [-0.1, -0.05) is 0 Å². The summed E-state index contributed by atoms with van der Waals surface area (Å²) in [6.45, 7) is 5.31. The topological polar surface area (TPSA) is 89.3 Å². The van der Waals surface area contributed by atoms with Crippen LogP contribution in [0.2, 0.25) is 0 Å². The maximum atomic E-state index is 14.5. The van der Waals surface area contributed by atoms with Crippen LogP contribution in [0.3, 0.4) is 0 Å². The van der Waals surface area contributed by atoms with Crippen molar-refractivity contribution in [2.24, 2.45) is 7.05 Å². The average Bonchev–Trinajstić information content (AvgIpc) is 2.99. The van der Waals surface area contributed by atoms with Gasteiger partial charge >= 0.3 is 6.09 Å². The Hall–Kier alpha value is -2.97. The molecule has 1 amide bonds. The maximum Gasteiger partial charge on any atom is 0.410 e. The van der Waals surface area contributed by atoms with Crippen LogP contribution in [-0.2, 0) is 11.8 Å². The summed E-state index contributed by atoms with van der Waals surface area (Å²) in [5.74, 6) is 0.234. The van der Waals surface area contributed by atoms with E-state index >= 15 is 0 Å². The summed E-state index contributed by atoms with van der Waals surface area (Å²) in [7, 11) is 1.56. The van der Waals surface area contributed by atoms with Gasteiger partial charge in [0.05, 0.1) is 18.3 Å². The SMILES string of the molecule is Cn1c(N[C@@H]2CN(C(=O)OC(C)(C)C)C[C@@H]2F)nc(-c2ccncc2)cc1=O.